The molecule has 0 aromatic heterocycles. The average molecular weight is 367 g/mol. The van der Waals surface area contributed by atoms with Gasteiger partial charge in [0.1, 0.15) is 5.82 Å². The summed E-state index contributed by atoms with van der Waals surface area (Å²) < 4.78 is 13.8. The maximum atomic E-state index is 13.8. The van der Waals surface area contributed by atoms with E-state index in [1.165, 1.54) is 11.6 Å². The van der Waals surface area contributed by atoms with Gasteiger partial charge in [-0.3, -0.25) is 0 Å². The molecule has 3 rings (SSSR count). The Labute approximate surface area is 160 Å². The van der Waals surface area contributed by atoms with Crippen molar-refractivity contribution in [2.24, 2.45) is 5.92 Å². The van der Waals surface area contributed by atoms with Crippen LogP contribution < -0.4 is 0 Å². The molecular weight excluding hydrogens is 341 g/mol. The highest BCUT2D eigenvalue weighted by atomic mass is 19.1. The minimum absolute atomic E-state index is 0.193. The summed E-state index contributed by atoms with van der Waals surface area (Å²) in [5, 5.41) is 9.19. The number of carbonyl (C=O) groups is 1. The van der Waals surface area contributed by atoms with Gasteiger partial charge in [0, 0.05) is 6.54 Å². The van der Waals surface area contributed by atoms with Crippen LogP contribution in [0.1, 0.15) is 46.7 Å². The highest BCUT2D eigenvalue weighted by Crippen LogP contribution is 2.41. The van der Waals surface area contributed by atoms with Crippen molar-refractivity contribution in [3.05, 3.63) is 76.6 Å². The lowest BCUT2D eigenvalue weighted by Crippen LogP contribution is -2.29. The van der Waals surface area contributed by atoms with Crippen LogP contribution in [-0.2, 0) is 0 Å². The first-order chi connectivity index (χ1) is 12.9. The van der Waals surface area contributed by atoms with Crippen molar-refractivity contribution in [1.29, 1.82) is 0 Å². The number of rotatable bonds is 5. The molecule has 0 bridgehead atoms. The van der Waals surface area contributed by atoms with Crippen LogP contribution in [0.5, 0.6) is 0 Å². The maximum absolute atomic E-state index is 13.8. The second-order valence-electron chi connectivity index (χ2n) is 7.66. The van der Waals surface area contributed by atoms with Gasteiger partial charge in [0.15, 0.2) is 0 Å². The molecule has 0 amide bonds. The van der Waals surface area contributed by atoms with Gasteiger partial charge in [0.05, 0.1) is 5.56 Å². The Morgan fingerprint density at radius 1 is 1.22 bits per heavy atom. The first-order valence-electron chi connectivity index (χ1n) is 9.35. The summed E-state index contributed by atoms with van der Waals surface area (Å²) in [4.78, 5) is 13.4. The molecule has 0 heterocycles. The molecule has 2 aromatic rings. The molecule has 0 saturated heterocycles. The van der Waals surface area contributed by atoms with E-state index in [1.54, 1.807) is 30.3 Å². The van der Waals surface area contributed by atoms with E-state index in [1.807, 2.05) is 12.1 Å². The van der Waals surface area contributed by atoms with E-state index < -0.39 is 5.97 Å². The molecule has 3 nitrogen and oxygen atoms in total. The smallest absolute Gasteiger partial charge is 0.335 e. The quantitative estimate of drug-likeness (QED) is 0.804. The van der Waals surface area contributed by atoms with Crippen LogP contribution in [0.2, 0.25) is 0 Å². The minimum Gasteiger partial charge on any atom is -0.478 e. The van der Waals surface area contributed by atoms with E-state index in [-0.39, 0.29) is 11.7 Å². The number of aromatic carboxylic acids is 1. The topological polar surface area (TPSA) is 40.5 Å². The van der Waals surface area contributed by atoms with Crippen molar-refractivity contribution in [2.75, 3.05) is 20.6 Å². The molecule has 1 aliphatic rings. The molecule has 4 heteroatoms. The predicted octanol–water partition coefficient (Wildman–Crippen LogP) is 5.05. The fourth-order valence-electron chi connectivity index (χ4n) is 4.07. The number of halogens is 1. The van der Waals surface area contributed by atoms with Gasteiger partial charge in [0.2, 0.25) is 0 Å². The number of hydrogen-bond donors (Lipinski definition) is 1. The molecule has 0 radical (unpaired) electrons. The minimum atomic E-state index is -0.914. The molecule has 27 heavy (non-hydrogen) atoms. The molecular formula is C23H26FNO2. The van der Waals surface area contributed by atoms with Gasteiger partial charge in [-0.05, 0) is 80.6 Å². The fraction of sp³-hybridized carbons (Fsp3) is 0.348. The molecule has 0 unspecified atom stereocenters. The molecule has 1 aliphatic carbocycles. The van der Waals surface area contributed by atoms with Gasteiger partial charge in [-0.15, -0.1) is 0 Å². The Bertz CT molecular complexity index is 844. The van der Waals surface area contributed by atoms with Crippen molar-refractivity contribution >= 4 is 12.0 Å². The zero-order valence-corrected chi connectivity index (χ0v) is 15.9. The standard InChI is InChI=1S/C23H26FNO2/c1-25(2)15-20-10-9-17(11-16-5-3-7-19(12-16)23(26)27)13-22(20)18-6-4-8-21(24)14-18/h3-8,11-12,14,20,22H,9-10,13,15H2,1-2H3,(H,26,27)/b17-11+/t20-,22-/m1/s1. The van der Waals surface area contributed by atoms with Crippen LogP contribution in [0.4, 0.5) is 4.39 Å². The van der Waals surface area contributed by atoms with Crippen LogP contribution in [0.3, 0.4) is 0 Å². The van der Waals surface area contributed by atoms with Crippen LogP contribution in [0.15, 0.2) is 54.1 Å². The van der Waals surface area contributed by atoms with E-state index in [4.69, 9.17) is 0 Å². The highest BCUT2D eigenvalue weighted by molar-refractivity contribution is 5.88. The molecule has 2 aromatic carbocycles. The zero-order valence-electron chi connectivity index (χ0n) is 15.9. The summed E-state index contributed by atoms with van der Waals surface area (Å²) in [5.74, 6) is -0.362. The fourth-order valence-corrected chi connectivity index (χ4v) is 4.07. The van der Waals surface area contributed by atoms with Gasteiger partial charge in [-0.2, -0.15) is 0 Å². The lowest BCUT2D eigenvalue weighted by atomic mass is 9.73. The second kappa shape index (κ2) is 8.49. The summed E-state index contributed by atoms with van der Waals surface area (Å²) in [5.41, 5.74) is 3.55. The van der Waals surface area contributed by atoms with Gasteiger partial charge in [0.25, 0.3) is 0 Å². The van der Waals surface area contributed by atoms with Crippen molar-refractivity contribution in [1.82, 2.24) is 4.90 Å². The summed E-state index contributed by atoms with van der Waals surface area (Å²) in [6.07, 6.45) is 5.01. The third-order valence-corrected chi connectivity index (χ3v) is 5.27. The van der Waals surface area contributed by atoms with Crippen LogP contribution in [0.25, 0.3) is 6.08 Å². The monoisotopic (exact) mass is 367 g/mol. The average Bonchev–Trinajstić information content (AvgIpc) is 2.63. The van der Waals surface area contributed by atoms with Gasteiger partial charge in [-0.25, -0.2) is 9.18 Å². The molecule has 142 valence electrons. The van der Waals surface area contributed by atoms with E-state index >= 15 is 0 Å². The normalized spacial score (nSPS) is 21.6. The molecule has 1 fully saturated rings. The largest absolute Gasteiger partial charge is 0.478 e. The third kappa shape index (κ3) is 5.04. The van der Waals surface area contributed by atoms with Crippen LogP contribution in [-0.4, -0.2) is 36.6 Å². The van der Waals surface area contributed by atoms with Crippen molar-refractivity contribution in [3.8, 4) is 0 Å². The van der Waals surface area contributed by atoms with Gasteiger partial charge < -0.3 is 10.0 Å². The first kappa shape index (κ1) is 19.3. The van der Waals surface area contributed by atoms with Crippen molar-refractivity contribution in [2.45, 2.75) is 25.2 Å². The summed E-state index contributed by atoms with van der Waals surface area (Å²) in [7, 11) is 4.15. The van der Waals surface area contributed by atoms with Gasteiger partial charge in [-0.1, -0.05) is 35.9 Å². The van der Waals surface area contributed by atoms with E-state index in [0.29, 0.717) is 11.5 Å². The van der Waals surface area contributed by atoms with E-state index in [0.717, 1.165) is 36.9 Å². The number of benzene rings is 2. The Morgan fingerprint density at radius 2 is 2.00 bits per heavy atom. The van der Waals surface area contributed by atoms with E-state index in [9.17, 15) is 14.3 Å². The Morgan fingerprint density at radius 3 is 2.70 bits per heavy atom. The summed E-state index contributed by atoms with van der Waals surface area (Å²) in [6, 6.07) is 14.0. The predicted molar refractivity (Wildman–Crippen MR) is 106 cm³/mol. The number of nitrogens with zero attached hydrogens (tertiary/aromatic N) is 1. The lowest BCUT2D eigenvalue weighted by Gasteiger charge is -2.35. The third-order valence-electron chi connectivity index (χ3n) is 5.27. The number of hydrogen-bond acceptors (Lipinski definition) is 2. The lowest BCUT2D eigenvalue weighted by molar-refractivity contribution is 0.0697. The second-order valence-corrected chi connectivity index (χ2v) is 7.66. The number of carboxylic acids is 1. The first-order valence-corrected chi connectivity index (χ1v) is 9.35. The number of allylic oxidation sites excluding steroid dienone is 1. The molecule has 0 spiro atoms. The highest BCUT2D eigenvalue weighted by Gasteiger charge is 2.29. The Kier molecular flexibility index (Phi) is 6.07. The Hall–Kier alpha value is -2.46. The van der Waals surface area contributed by atoms with Gasteiger partial charge >= 0.3 is 5.97 Å². The molecule has 1 saturated carbocycles. The molecule has 2 atom stereocenters. The summed E-state index contributed by atoms with van der Waals surface area (Å²) >= 11 is 0. The van der Waals surface area contributed by atoms with Crippen LogP contribution in [0, 0.1) is 11.7 Å². The zero-order chi connectivity index (χ0) is 19.4. The SMILES string of the molecule is CN(C)C[C@H]1CC/C(=C\c2cccc(C(=O)O)c2)C[C@@H]1c1cccc(F)c1. The summed E-state index contributed by atoms with van der Waals surface area (Å²) in [6.45, 7) is 0.975. The van der Waals surface area contributed by atoms with E-state index in [2.05, 4.69) is 25.1 Å². The molecule has 1 N–H and O–H groups in total. The van der Waals surface area contributed by atoms with Crippen molar-refractivity contribution in [3.63, 3.8) is 0 Å². The Balaban J connectivity index is 1.87. The van der Waals surface area contributed by atoms with Crippen molar-refractivity contribution < 1.29 is 14.3 Å². The van der Waals surface area contributed by atoms with Crippen LogP contribution >= 0.6 is 0 Å². The maximum Gasteiger partial charge on any atom is 0.335 e. The molecule has 0 aliphatic heterocycles. The number of carboxylic acid groups (broad SMARTS) is 1.